The van der Waals surface area contributed by atoms with E-state index in [1.165, 1.54) is 50.1 Å². The summed E-state index contributed by atoms with van der Waals surface area (Å²) in [4.78, 5) is 26.0. The van der Waals surface area contributed by atoms with Crippen molar-refractivity contribution in [2.24, 2.45) is 0 Å². The molecular weight excluding hydrogens is 1740 g/mol. The Kier molecular flexibility index (Phi) is 32.2. The molecule has 6 heterocycles. The summed E-state index contributed by atoms with van der Waals surface area (Å²) in [5, 5.41) is 0. The molecule has 9 aromatic carbocycles. The van der Waals surface area contributed by atoms with E-state index in [1.54, 1.807) is 18.6 Å². The van der Waals surface area contributed by atoms with Gasteiger partial charge in [-0.15, -0.1) is 215 Å². The third kappa shape index (κ3) is 24.1. The van der Waals surface area contributed by atoms with Crippen LogP contribution in [0.1, 0.15) is 43.4 Å². The second kappa shape index (κ2) is 41.8. The van der Waals surface area contributed by atoms with Gasteiger partial charge in [-0.2, -0.15) is 0 Å². The second-order valence-corrected chi connectivity index (χ2v) is 22.3. The van der Waals surface area contributed by atoms with E-state index in [0.717, 1.165) is 74.0 Å². The van der Waals surface area contributed by atoms with Crippen molar-refractivity contribution >= 4 is 0 Å². The minimum absolute atomic E-state index is 0. The maximum absolute atomic E-state index is 4.46. The van der Waals surface area contributed by atoms with E-state index in [-0.39, 0.29) is 60.3 Å². The molecule has 0 N–H and O–H groups in total. The van der Waals surface area contributed by atoms with Gasteiger partial charge in [0, 0.05) is 97.5 Å². The van der Waals surface area contributed by atoms with Crippen LogP contribution in [0.4, 0.5) is 0 Å². The van der Waals surface area contributed by atoms with Crippen molar-refractivity contribution in [3.63, 3.8) is 0 Å². The van der Waals surface area contributed by atoms with Crippen molar-refractivity contribution in [1.82, 2.24) is 29.9 Å². The van der Waals surface area contributed by atoms with Crippen LogP contribution in [0.25, 0.3) is 101 Å². The zero-order valence-electron chi connectivity index (χ0n) is 55.4. The summed E-state index contributed by atoms with van der Waals surface area (Å²) in [6, 6.07) is 122. The van der Waals surface area contributed by atoms with E-state index in [0.29, 0.717) is 5.92 Å². The van der Waals surface area contributed by atoms with E-state index in [4.69, 9.17) is 0 Å². The molecule has 0 aliphatic carbocycles. The topological polar surface area (TPSA) is 77.3 Å². The molecule has 15 aromatic rings. The first-order chi connectivity index (χ1) is 47.3. The average molecular weight is 1810 g/mol. The molecule has 0 aliphatic rings. The monoisotopic (exact) mass is 1820 g/mol. The molecule has 0 atom stereocenters. The Morgan fingerprint density at radius 3 is 0.859 bits per heavy atom. The smallest absolute Gasteiger partial charge is 0.0166 e. The molecule has 15 rings (SSSR count). The SMILES string of the molecule is CC(C)c1cccc(-c2ccnc(-c3[c-]cccc3)c2)c1.CCc1cccc(-c2ccnc(-c3[c-]cccc3)c2)c1.Cc1cccc(-c2ccnc(-c3[c-]cccc3)c2)c1.[Ir].[Ir].[Ir].[c-]1ccccc1-c1ccccn1.[c-]1ccccc1-c1ccccn1.[c-]1ccccc1-c1ccccn1. The number of aryl methyl sites for hydroxylation is 2. The van der Waals surface area contributed by atoms with Crippen LogP contribution < -0.4 is 0 Å². The van der Waals surface area contributed by atoms with Gasteiger partial charge in [0.2, 0.25) is 0 Å². The van der Waals surface area contributed by atoms with Crippen LogP contribution in [0.5, 0.6) is 0 Å². The Morgan fingerprint density at radius 2 is 0.556 bits per heavy atom. The Bertz CT molecular complexity index is 4400. The fraction of sp³-hybridized carbons (Fsp3) is 0.0667. The van der Waals surface area contributed by atoms with Crippen molar-refractivity contribution in [2.75, 3.05) is 0 Å². The fourth-order valence-electron chi connectivity index (χ4n) is 10.0. The third-order valence-corrected chi connectivity index (χ3v) is 15.1. The molecule has 99 heavy (non-hydrogen) atoms. The zero-order valence-corrected chi connectivity index (χ0v) is 62.6. The summed E-state index contributed by atoms with van der Waals surface area (Å²) >= 11 is 0. The summed E-state index contributed by atoms with van der Waals surface area (Å²) < 4.78 is 0. The van der Waals surface area contributed by atoms with Crippen LogP contribution >= 0.6 is 0 Å². The molecular formula is C90H72Ir3N6-6. The van der Waals surface area contributed by atoms with Gasteiger partial charge in [-0.05, 0) is 134 Å². The first kappa shape index (κ1) is 76.2. The van der Waals surface area contributed by atoms with Gasteiger partial charge in [0.15, 0.2) is 0 Å². The number of hydrogen-bond donors (Lipinski definition) is 0. The molecule has 0 aliphatic heterocycles. The molecule has 0 bridgehead atoms. The van der Waals surface area contributed by atoms with E-state index < -0.39 is 0 Å². The maximum Gasteiger partial charge on any atom is 0.0166 e. The van der Waals surface area contributed by atoms with Crippen molar-refractivity contribution in [1.29, 1.82) is 0 Å². The maximum atomic E-state index is 4.46. The molecule has 3 radical (unpaired) electrons. The minimum Gasteiger partial charge on any atom is -0.305 e. The summed E-state index contributed by atoms with van der Waals surface area (Å²) in [6.45, 7) is 8.72. The molecule has 0 saturated heterocycles. The molecule has 0 unspecified atom stereocenters. The van der Waals surface area contributed by atoms with Gasteiger partial charge < -0.3 is 29.9 Å². The zero-order chi connectivity index (χ0) is 66.2. The largest absolute Gasteiger partial charge is 0.305 e. The minimum atomic E-state index is 0. The predicted molar refractivity (Wildman–Crippen MR) is 396 cm³/mol. The number of nitrogens with zero attached hydrogens (tertiary/aromatic N) is 6. The van der Waals surface area contributed by atoms with E-state index in [2.05, 4.69) is 197 Å². The summed E-state index contributed by atoms with van der Waals surface area (Å²) in [5.74, 6) is 0.536. The van der Waals surface area contributed by atoms with Crippen LogP contribution in [0.3, 0.4) is 0 Å². The number of pyridine rings is 6. The molecule has 6 aromatic heterocycles. The Hall–Kier alpha value is -10.2. The van der Waals surface area contributed by atoms with Crippen molar-refractivity contribution in [3.05, 3.63) is 400 Å². The molecule has 495 valence electrons. The van der Waals surface area contributed by atoms with Gasteiger partial charge in [0.1, 0.15) is 0 Å². The van der Waals surface area contributed by atoms with Gasteiger partial charge in [-0.25, -0.2) is 0 Å². The normalized spacial score (nSPS) is 9.91. The number of benzene rings is 9. The van der Waals surface area contributed by atoms with Crippen LogP contribution in [-0.4, -0.2) is 29.9 Å². The van der Waals surface area contributed by atoms with Crippen molar-refractivity contribution < 1.29 is 60.3 Å². The van der Waals surface area contributed by atoms with Gasteiger partial charge in [0.25, 0.3) is 0 Å². The van der Waals surface area contributed by atoms with E-state index in [1.807, 2.05) is 225 Å². The van der Waals surface area contributed by atoms with Gasteiger partial charge >= 0.3 is 0 Å². The number of rotatable bonds is 11. The summed E-state index contributed by atoms with van der Waals surface area (Å²) in [7, 11) is 0. The Balaban J connectivity index is 0.000000169. The van der Waals surface area contributed by atoms with Crippen LogP contribution in [0, 0.1) is 43.3 Å². The average Bonchev–Trinajstić information content (AvgIpc) is 1.05. The van der Waals surface area contributed by atoms with Gasteiger partial charge in [-0.3, -0.25) is 0 Å². The Labute approximate surface area is 625 Å². The standard InChI is InChI=1S/C20H18N.C19H16N.C18H14N.3C11H8N.3Ir/c1-15(2)17-9-6-10-18(13-17)19-11-12-21-20(14-19)16-7-4-3-5-8-16;1-2-15-7-6-10-17(13-15)18-11-12-20-19(14-18)16-8-4-3-5-9-16;1-14-6-5-9-16(12-14)17-10-11-19-18(13-17)15-7-3-2-4-8-15;3*1-2-6-10(7-3-1)11-8-4-5-9-12-11;;;/h3-7,9-15H,1-2H3;3-8,10-14H,2H2,1H3;2-7,9-13H,1H3;3*1-6,8-9H;;;/q6*-1;;;. The number of aromatic nitrogens is 6. The first-order valence-electron chi connectivity index (χ1n) is 32.0. The molecule has 0 amide bonds. The van der Waals surface area contributed by atoms with Crippen molar-refractivity contribution in [2.45, 2.75) is 40.0 Å². The van der Waals surface area contributed by atoms with E-state index >= 15 is 0 Å². The predicted octanol–water partition coefficient (Wildman–Crippen LogP) is 22.3. The second-order valence-electron chi connectivity index (χ2n) is 22.3. The first-order valence-corrected chi connectivity index (χ1v) is 32.0. The molecule has 0 saturated carbocycles. The third-order valence-electron chi connectivity index (χ3n) is 15.1. The summed E-state index contributed by atoms with van der Waals surface area (Å²) in [6.07, 6.45) is 12.0. The van der Waals surface area contributed by atoms with Crippen LogP contribution in [-0.2, 0) is 66.7 Å². The van der Waals surface area contributed by atoms with Gasteiger partial charge in [-0.1, -0.05) is 154 Å². The molecule has 9 heteroatoms. The Morgan fingerprint density at radius 1 is 0.263 bits per heavy atom. The van der Waals surface area contributed by atoms with Crippen molar-refractivity contribution in [3.8, 4) is 101 Å². The summed E-state index contributed by atoms with van der Waals surface area (Å²) in [5.41, 5.74) is 23.2. The molecule has 0 fully saturated rings. The number of hydrogen-bond acceptors (Lipinski definition) is 6. The molecule has 6 nitrogen and oxygen atoms in total. The molecule has 0 spiro atoms. The van der Waals surface area contributed by atoms with Gasteiger partial charge in [0.05, 0.1) is 0 Å². The van der Waals surface area contributed by atoms with Crippen LogP contribution in [0.2, 0.25) is 0 Å². The fourth-order valence-corrected chi connectivity index (χ4v) is 10.0. The quantitative estimate of drug-likeness (QED) is 0.120. The van der Waals surface area contributed by atoms with Crippen LogP contribution in [0.15, 0.2) is 347 Å². The van der Waals surface area contributed by atoms with E-state index in [9.17, 15) is 0 Å².